The number of anilines is 1. The van der Waals surface area contributed by atoms with Gasteiger partial charge in [0.15, 0.2) is 0 Å². The number of rotatable bonds is 3. The van der Waals surface area contributed by atoms with Crippen LogP contribution >= 0.6 is 27.3 Å². The van der Waals surface area contributed by atoms with Crippen molar-refractivity contribution in [3.63, 3.8) is 0 Å². The summed E-state index contributed by atoms with van der Waals surface area (Å²) in [6, 6.07) is 9.37. The number of carbonyl (C=O) groups is 1. The van der Waals surface area contributed by atoms with Gasteiger partial charge in [-0.3, -0.25) is 10.1 Å². The molecule has 2 heterocycles. The van der Waals surface area contributed by atoms with Crippen molar-refractivity contribution < 1.29 is 9.21 Å². The second kappa shape index (κ2) is 6.02. The molecule has 0 bridgehead atoms. The molecule has 0 radical (unpaired) electrons. The van der Waals surface area contributed by atoms with E-state index in [2.05, 4.69) is 31.4 Å². The molecule has 1 N–H and O–H groups in total. The summed E-state index contributed by atoms with van der Waals surface area (Å²) in [5, 5.41) is 10.4. The Morgan fingerprint density at radius 3 is 2.68 bits per heavy atom. The van der Waals surface area contributed by atoms with Gasteiger partial charge < -0.3 is 4.42 Å². The maximum atomic E-state index is 12.2. The van der Waals surface area contributed by atoms with E-state index in [9.17, 15) is 4.79 Å². The molecule has 0 aliphatic heterocycles. The molecule has 0 atom stereocenters. The number of hydrogen-bond donors (Lipinski definition) is 1. The number of halogens is 1. The first-order valence-electron chi connectivity index (χ1n) is 6.51. The summed E-state index contributed by atoms with van der Waals surface area (Å²) < 4.78 is 6.44. The minimum atomic E-state index is -0.273. The van der Waals surface area contributed by atoms with E-state index in [1.54, 1.807) is 6.07 Å². The summed E-state index contributed by atoms with van der Waals surface area (Å²) in [6.07, 6.45) is 0. The van der Waals surface area contributed by atoms with E-state index in [4.69, 9.17) is 4.42 Å². The van der Waals surface area contributed by atoms with Crippen LogP contribution in [0.3, 0.4) is 0 Å². The fraction of sp³-hybridized carbons (Fsp3) is 0.133. The number of amides is 1. The summed E-state index contributed by atoms with van der Waals surface area (Å²) in [7, 11) is 0. The van der Waals surface area contributed by atoms with E-state index in [0.29, 0.717) is 11.5 Å². The first-order valence-corrected chi connectivity index (χ1v) is 8.12. The number of aromatic nitrogens is 2. The van der Waals surface area contributed by atoms with Gasteiger partial charge in [-0.2, -0.15) is 0 Å². The van der Waals surface area contributed by atoms with E-state index in [-0.39, 0.29) is 11.9 Å². The average molecular weight is 378 g/mol. The van der Waals surface area contributed by atoms with Gasteiger partial charge >= 0.3 is 6.01 Å². The van der Waals surface area contributed by atoms with Crippen molar-refractivity contribution in [3.05, 3.63) is 50.8 Å². The number of carbonyl (C=O) groups excluding carboxylic acids is 1. The van der Waals surface area contributed by atoms with Crippen LogP contribution in [0, 0.1) is 13.8 Å². The number of nitrogens with one attached hydrogen (secondary N) is 1. The number of thiophene rings is 1. The van der Waals surface area contributed by atoms with E-state index < -0.39 is 0 Å². The molecular formula is C15H12BrN3O2S. The molecule has 22 heavy (non-hydrogen) atoms. The Bertz CT molecular complexity index is 841. The number of hydrogen-bond acceptors (Lipinski definition) is 5. The normalized spacial score (nSPS) is 10.7. The Hall–Kier alpha value is -1.99. The molecule has 7 heteroatoms. The molecule has 3 rings (SSSR count). The molecule has 0 aliphatic rings. The molecule has 1 aromatic carbocycles. The van der Waals surface area contributed by atoms with Crippen molar-refractivity contribution >= 4 is 39.2 Å². The SMILES string of the molecule is Cc1ccc(C(=O)Nc2nnc(-c3ccc(Br)s3)o2)cc1C. The molecule has 3 aromatic rings. The molecule has 112 valence electrons. The van der Waals surface area contributed by atoms with Gasteiger partial charge in [-0.1, -0.05) is 11.2 Å². The Balaban J connectivity index is 1.77. The molecule has 0 spiro atoms. The lowest BCUT2D eigenvalue weighted by Gasteiger charge is -2.04. The van der Waals surface area contributed by atoms with E-state index in [1.165, 1.54) is 11.3 Å². The largest absolute Gasteiger partial charge is 0.402 e. The van der Waals surface area contributed by atoms with Crippen molar-refractivity contribution in [2.75, 3.05) is 5.32 Å². The predicted octanol–water partition coefficient (Wildman–Crippen LogP) is 4.43. The summed E-state index contributed by atoms with van der Waals surface area (Å²) in [6.45, 7) is 3.96. The minimum absolute atomic E-state index is 0.0859. The van der Waals surface area contributed by atoms with E-state index in [1.807, 2.05) is 38.1 Å². The van der Waals surface area contributed by atoms with Gasteiger partial charge in [0.1, 0.15) is 0 Å². The lowest BCUT2D eigenvalue weighted by molar-refractivity contribution is 0.102. The summed E-state index contributed by atoms with van der Waals surface area (Å²) in [4.78, 5) is 13.0. The van der Waals surface area contributed by atoms with Crippen LogP contribution in [0.4, 0.5) is 6.01 Å². The Morgan fingerprint density at radius 1 is 1.18 bits per heavy atom. The van der Waals surface area contributed by atoms with Crippen LogP contribution in [-0.4, -0.2) is 16.1 Å². The fourth-order valence-electron chi connectivity index (χ4n) is 1.85. The van der Waals surface area contributed by atoms with Gasteiger partial charge in [0.25, 0.3) is 11.8 Å². The minimum Gasteiger partial charge on any atom is -0.402 e. The molecule has 0 saturated carbocycles. The molecule has 2 aromatic heterocycles. The lowest BCUT2D eigenvalue weighted by atomic mass is 10.1. The van der Waals surface area contributed by atoms with Crippen molar-refractivity contribution in [1.29, 1.82) is 0 Å². The molecule has 0 fully saturated rings. The van der Waals surface area contributed by atoms with Crippen LogP contribution < -0.4 is 5.32 Å². The maximum Gasteiger partial charge on any atom is 0.322 e. The van der Waals surface area contributed by atoms with Gasteiger partial charge in [0.2, 0.25) is 0 Å². The first kappa shape index (κ1) is 14.9. The maximum absolute atomic E-state index is 12.2. The predicted molar refractivity (Wildman–Crippen MR) is 89.2 cm³/mol. The monoisotopic (exact) mass is 377 g/mol. The highest BCUT2D eigenvalue weighted by molar-refractivity contribution is 9.11. The van der Waals surface area contributed by atoms with Crippen LogP contribution in [-0.2, 0) is 0 Å². The summed E-state index contributed by atoms with van der Waals surface area (Å²) in [5.41, 5.74) is 2.75. The topological polar surface area (TPSA) is 68.0 Å². The van der Waals surface area contributed by atoms with Gasteiger partial charge in [0, 0.05) is 5.56 Å². The Labute approximate surface area is 139 Å². The van der Waals surface area contributed by atoms with Gasteiger partial charge in [-0.15, -0.1) is 16.4 Å². The standard InChI is InChI=1S/C15H12BrN3O2S/c1-8-3-4-10(7-9(8)2)13(20)17-15-19-18-14(21-15)11-5-6-12(16)22-11/h3-7H,1-2H3,(H,17,19,20). The molecule has 1 amide bonds. The molecule has 5 nitrogen and oxygen atoms in total. The van der Waals surface area contributed by atoms with Gasteiger partial charge in [-0.05, 0) is 65.2 Å². The van der Waals surface area contributed by atoms with Crippen LogP contribution in [0.1, 0.15) is 21.5 Å². The van der Waals surface area contributed by atoms with Gasteiger partial charge in [0.05, 0.1) is 8.66 Å². The molecule has 0 aliphatic carbocycles. The third-order valence-corrected chi connectivity index (χ3v) is 4.81. The third-order valence-electron chi connectivity index (χ3n) is 3.20. The number of nitrogens with zero attached hydrogens (tertiary/aromatic N) is 2. The number of benzene rings is 1. The van der Waals surface area contributed by atoms with Crippen LogP contribution in [0.15, 0.2) is 38.5 Å². The first-order chi connectivity index (χ1) is 10.5. The zero-order valence-electron chi connectivity index (χ0n) is 11.9. The van der Waals surface area contributed by atoms with E-state index in [0.717, 1.165) is 19.8 Å². The molecule has 0 saturated heterocycles. The average Bonchev–Trinajstić information content (AvgIpc) is 3.10. The second-order valence-electron chi connectivity index (χ2n) is 4.77. The molecule has 0 unspecified atom stereocenters. The van der Waals surface area contributed by atoms with Crippen LogP contribution in [0.2, 0.25) is 0 Å². The van der Waals surface area contributed by atoms with Crippen molar-refractivity contribution in [1.82, 2.24) is 10.2 Å². The smallest absolute Gasteiger partial charge is 0.322 e. The lowest BCUT2D eigenvalue weighted by Crippen LogP contribution is -2.12. The van der Waals surface area contributed by atoms with Crippen LogP contribution in [0.5, 0.6) is 0 Å². The van der Waals surface area contributed by atoms with Crippen LogP contribution in [0.25, 0.3) is 10.8 Å². The fourth-order valence-corrected chi connectivity index (χ4v) is 3.16. The third kappa shape index (κ3) is 3.10. The second-order valence-corrected chi connectivity index (χ2v) is 7.23. The Kier molecular flexibility index (Phi) is 4.08. The van der Waals surface area contributed by atoms with Crippen molar-refractivity contribution in [3.8, 4) is 10.8 Å². The zero-order chi connectivity index (χ0) is 15.7. The molecular weight excluding hydrogens is 366 g/mol. The Morgan fingerprint density at radius 2 is 2.00 bits per heavy atom. The quantitative estimate of drug-likeness (QED) is 0.732. The summed E-state index contributed by atoms with van der Waals surface area (Å²) in [5.74, 6) is 0.108. The highest BCUT2D eigenvalue weighted by Gasteiger charge is 2.14. The highest BCUT2D eigenvalue weighted by Crippen LogP contribution is 2.31. The van der Waals surface area contributed by atoms with Crippen molar-refractivity contribution in [2.45, 2.75) is 13.8 Å². The zero-order valence-corrected chi connectivity index (χ0v) is 14.3. The van der Waals surface area contributed by atoms with Crippen molar-refractivity contribution in [2.24, 2.45) is 0 Å². The summed E-state index contributed by atoms with van der Waals surface area (Å²) >= 11 is 4.86. The van der Waals surface area contributed by atoms with Gasteiger partial charge in [-0.25, -0.2) is 0 Å². The number of aryl methyl sites for hydroxylation is 2. The van der Waals surface area contributed by atoms with E-state index >= 15 is 0 Å². The highest BCUT2D eigenvalue weighted by atomic mass is 79.9.